The highest BCUT2D eigenvalue weighted by Gasteiger charge is 2.04. The number of aromatic nitrogens is 3. The second kappa shape index (κ2) is 6.06. The van der Waals surface area contributed by atoms with Gasteiger partial charge in [0.15, 0.2) is 0 Å². The van der Waals surface area contributed by atoms with E-state index in [9.17, 15) is 0 Å². The molecule has 0 spiro atoms. The van der Waals surface area contributed by atoms with Gasteiger partial charge in [-0.25, -0.2) is 9.67 Å². The third kappa shape index (κ3) is 3.00. The summed E-state index contributed by atoms with van der Waals surface area (Å²) >= 11 is 1.61. The average molecular weight is 319 g/mol. The Balaban J connectivity index is 1.61. The zero-order chi connectivity index (χ0) is 15.5. The van der Waals surface area contributed by atoms with Crippen molar-refractivity contribution < 1.29 is 4.74 Å². The minimum atomic E-state index is 0.772. The van der Waals surface area contributed by atoms with Crippen LogP contribution in [0.4, 0.5) is 0 Å². The van der Waals surface area contributed by atoms with Gasteiger partial charge in [0, 0.05) is 35.6 Å². The Hall–Kier alpha value is -2.92. The van der Waals surface area contributed by atoms with Crippen molar-refractivity contribution in [1.82, 2.24) is 14.8 Å². The van der Waals surface area contributed by atoms with Crippen molar-refractivity contribution in [3.05, 3.63) is 78.6 Å². The Morgan fingerprint density at radius 2 is 1.78 bits per heavy atom. The van der Waals surface area contributed by atoms with Gasteiger partial charge < -0.3 is 4.74 Å². The standard InChI is InChI=1S/C18H13N3OS/c1-4-14(18-19-9-11-23-18)12-16(6-1)22-17-7-2-5-15(13-17)21-10-3-8-20-21/h1-13H. The second-order valence-corrected chi connectivity index (χ2v) is 5.81. The topological polar surface area (TPSA) is 39.9 Å². The summed E-state index contributed by atoms with van der Waals surface area (Å²) < 4.78 is 7.80. The summed E-state index contributed by atoms with van der Waals surface area (Å²) in [5.41, 5.74) is 2.02. The van der Waals surface area contributed by atoms with Crippen LogP contribution in [-0.2, 0) is 0 Å². The molecule has 112 valence electrons. The Kier molecular flexibility index (Phi) is 3.62. The van der Waals surface area contributed by atoms with Gasteiger partial charge in [-0.1, -0.05) is 18.2 Å². The molecule has 0 atom stereocenters. The summed E-state index contributed by atoms with van der Waals surface area (Å²) in [4.78, 5) is 4.33. The number of hydrogen-bond acceptors (Lipinski definition) is 4. The van der Waals surface area contributed by atoms with E-state index in [0.29, 0.717) is 0 Å². The van der Waals surface area contributed by atoms with E-state index in [-0.39, 0.29) is 0 Å². The first-order chi connectivity index (χ1) is 11.4. The maximum Gasteiger partial charge on any atom is 0.129 e. The van der Waals surface area contributed by atoms with Crippen molar-refractivity contribution in [3.8, 4) is 27.8 Å². The Morgan fingerprint density at radius 3 is 2.57 bits per heavy atom. The number of rotatable bonds is 4. The molecule has 5 heteroatoms. The van der Waals surface area contributed by atoms with Gasteiger partial charge in [0.2, 0.25) is 0 Å². The summed E-state index contributed by atoms with van der Waals surface area (Å²) in [6, 6.07) is 17.7. The van der Waals surface area contributed by atoms with Crippen molar-refractivity contribution in [2.24, 2.45) is 0 Å². The maximum atomic E-state index is 5.99. The largest absolute Gasteiger partial charge is 0.457 e. The quantitative estimate of drug-likeness (QED) is 0.543. The van der Waals surface area contributed by atoms with Crippen LogP contribution in [0, 0.1) is 0 Å². The number of thiazole rings is 1. The summed E-state index contributed by atoms with van der Waals surface area (Å²) in [7, 11) is 0. The van der Waals surface area contributed by atoms with Crippen molar-refractivity contribution in [2.45, 2.75) is 0 Å². The van der Waals surface area contributed by atoms with Crippen molar-refractivity contribution in [3.63, 3.8) is 0 Å². The predicted octanol–water partition coefficient (Wildman–Crippen LogP) is 4.79. The summed E-state index contributed by atoms with van der Waals surface area (Å²) in [6.07, 6.45) is 5.47. The molecule has 0 radical (unpaired) electrons. The van der Waals surface area contributed by atoms with Gasteiger partial charge in [-0.05, 0) is 30.3 Å². The molecule has 0 amide bonds. The molecule has 0 fully saturated rings. The summed E-state index contributed by atoms with van der Waals surface area (Å²) in [6.45, 7) is 0. The maximum absolute atomic E-state index is 5.99. The highest BCUT2D eigenvalue weighted by Crippen LogP contribution is 2.29. The lowest BCUT2D eigenvalue weighted by Gasteiger charge is -2.08. The molecule has 23 heavy (non-hydrogen) atoms. The van der Waals surface area contributed by atoms with Crippen LogP contribution in [0.2, 0.25) is 0 Å². The van der Waals surface area contributed by atoms with Gasteiger partial charge in [-0.3, -0.25) is 0 Å². The molecule has 0 unspecified atom stereocenters. The minimum absolute atomic E-state index is 0.772. The Labute approximate surface area is 137 Å². The molecule has 0 aliphatic carbocycles. The predicted molar refractivity (Wildman–Crippen MR) is 91.2 cm³/mol. The van der Waals surface area contributed by atoms with E-state index < -0.39 is 0 Å². The molecular formula is C18H13N3OS. The first kappa shape index (κ1) is 13.7. The van der Waals surface area contributed by atoms with E-state index in [4.69, 9.17) is 4.74 Å². The SMILES string of the molecule is c1cc(Oc2cccc(-n3cccn3)c2)cc(-c2nccs2)c1. The van der Waals surface area contributed by atoms with Gasteiger partial charge >= 0.3 is 0 Å². The molecule has 2 aromatic heterocycles. The third-order valence-corrected chi connectivity index (χ3v) is 4.16. The van der Waals surface area contributed by atoms with Crippen LogP contribution in [0.1, 0.15) is 0 Å². The lowest BCUT2D eigenvalue weighted by atomic mass is 10.2. The normalized spacial score (nSPS) is 10.6. The van der Waals surface area contributed by atoms with Crippen LogP contribution in [0.5, 0.6) is 11.5 Å². The molecule has 0 N–H and O–H groups in total. The smallest absolute Gasteiger partial charge is 0.129 e. The van der Waals surface area contributed by atoms with E-state index in [2.05, 4.69) is 10.1 Å². The van der Waals surface area contributed by atoms with Gasteiger partial charge in [0.1, 0.15) is 16.5 Å². The van der Waals surface area contributed by atoms with Crippen LogP contribution in [0.25, 0.3) is 16.3 Å². The molecule has 0 aliphatic heterocycles. The fourth-order valence-electron chi connectivity index (χ4n) is 2.31. The number of hydrogen-bond donors (Lipinski definition) is 0. The summed E-state index contributed by atoms with van der Waals surface area (Å²) in [5.74, 6) is 1.56. The second-order valence-electron chi connectivity index (χ2n) is 4.92. The molecule has 4 nitrogen and oxygen atoms in total. The van der Waals surface area contributed by atoms with Crippen LogP contribution >= 0.6 is 11.3 Å². The molecule has 0 saturated heterocycles. The monoisotopic (exact) mass is 319 g/mol. The van der Waals surface area contributed by atoms with Crippen molar-refractivity contribution in [1.29, 1.82) is 0 Å². The molecule has 2 heterocycles. The van der Waals surface area contributed by atoms with E-state index in [1.807, 2.05) is 66.2 Å². The lowest BCUT2D eigenvalue weighted by Crippen LogP contribution is -1.94. The highest BCUT2D eigenvalue weighted by molar-refractivity contribution is 7.13. The molecule has 0 bridgehead atoms. The van der Waals surface area contributed by atoms with Crippen molar-refractivity contribution in [2.75, 3.05) is 0 Å². The Morgan fingerprint density at radius 1 is 0.913 bits per heavy atom. The first-order valence-electron chi connectivity index (χ1n) is 7.16. The van der Waals surface area contributed by atoms with Gasteiger partial charge in [-0.15, -0.1) is 11.3 Å². The molecule has 4 rings (SSSR count). The number of nitrogens with zero attached hydrogens (tertiary/aromatic N) is 3. The minimum Gasteiger partial charge on any atom is -0.457 e. The third-order valence-electron chi connectivity index (χ3n) is 3.34. The van der Waals surface area contributed by atoms with E-state index in [1.165, 1.54) is 0 Å². The van der Waals surface area contributed by atoms with Crippen LogP contribution in [0.15, 0.2) is 78.6 Å². The zero-order valence-electron chi connectivity index (χ0n) is 12.2. The fraction of sp³-hybridized carbons (Fsp3) is 0. The van der Waals surface area contributed by atoms with Crippen LogP contribution < -0.4 is 4.74 Å². The lowest BCUT2D eigenvalue weighted by molar-refractivity contribution is 0.482. The average Bonchev–Trinajstić information content (AvgIpc) is 3.29. The van der Waals surface area contributed by atoms with Gasteiger partial charge in [-0.2, -0.15) is 5.10 Å². The highest BCUT2D eigenvalue weighted by atomic mass is 32.1. The van der Waals surface area contributed by atoms with Crippen LogP contribution in [-0.4, -0.2) is 14.8 Å². The number of benzene rings is 2. The van der Waals surface area contributed by atoms with Gasteiger partial charge in [0.05, 0.1) is 5.69 Å². The van der Waals surface area contributed by atoms with Gasteiger partial charge in [0.25, 0.3) is 0 Å². The molecule has 0 saturated carbocycles. The molecule has 2 aromatic carbocycles. The van der Waals surface area contributed by atoms with E-state index in [0.717, 1.165) is 27.8 Å². The molecule has 4 aromatic rings. The van der Waals surface area contributed by atoms with Crippen molar-refractivity contribution >= 4 is 11.3 Å². The van der Waals surface area contributed by atoms with E-state index in [1.54, 1.807) is 28.4 Å². The Bertz CT molecular complexity index is 826. The fourth-order valence-corrected chi connectivity index (χ4v) is 2.94. The van der Waals surface area contributed by atoms with E-state index >= 15 is 0 Å². The summed E-state index contributed by atoms with van der Waals surface area (Å²) in [5, 5.41) is 7.19. The zero-order valence-corrected chi connectivity index (χ0v) is 13.0. The molecule has 0 aliphatic rings. The molecular weight excluding hydrogens is 306 g/mol. The van der Waals surface area contributed by atoms with Crippen LogP contribution in [0.3, 0.4) is 0 Å². The number of ether oxygens (including phenoxy) is 1. The first-order valence-corrected chi connectivity index (χ1v) is 8.04.